The van der Waals surface area contributed by atoms with Gasteiger partial charge >= 0.3 is 6.09 Å². The molecule has 0 aromatic heterocycles. The van der Waals surface area contributed by atoms with Gasteiger partial charge in [0.2, 0.25) is 0 Å². The van der Waals surface area contributed by atoms with E-state index in [0.717, 1.165) is 0 Å². The van der Waals surface area contributed by atoms with Gasteiger partial charge in [0.1, 0.15) is 5.60 Å². The Morgan fingerprint density at radius 1 is 1.30 bits per heavy atom. The second kappa shape index (κ2) is 7.80. The van der Waals surface area contributed by atoms with Gasteiger partial charge in [-0.15, -0.1) is 0 Å². The van der Waals surface area contributed by atoms with Gasteiger partial charge in [0, 0.05) is 19.1 Å². The lowest BCUT2D eigenvalue weighted by Crippen LogP contribution is -2.42. The molecule has 0 saturated heterocycles. The van der Waals surface area contributed by atoms with Gasteiger partial charge in [-0.3, -0.25) is 0 Å². The number of nitrogens with two attached hydrogens (primary N) is 1. The number of hydrogen-bond donors (Lipinski definition) is 2. The molecule has 0 fully saturated rings. The number of nitrogens with zero attached hydrogens (tertiary/aromatic N) is 1. The highest BCUT2D eigenvalue weighted by atomic mass is 32.2. The van der Waals surface area contributed by atoms with Crippen LogP contribution >= 0.6 is 0 Å². The molecule has 0 aromatic carbocycles. The van der Waals surface area contributed by atoms with Crippen molar-refractivity contribution in [3.63, 3.8) is 0 Å². The summed E-state index contributed by atoms with van der Waals surface area (Å²) in [5, 5.41) is 7.74. The summed E-state index contributed by atoms with van der Waals surface area (Å²) in [7, 11) is -3.67. The summed E-state index contributed by atoms with van der Waals surface area (Å²) in [6, 6.07) is -0.177. The first-order valence-corrected chi connectivity index (χ1v) is 8.20. The largest absolute Gasteiger partial charge is 0.444 e. The highest BCUT2D eigenvalue weighted by molar-refractivity contribution is 7.86. The van der Waals surface area contributed by atoms with Crippen LogP contribution in [-0.4, -0.2) is 43.5 Å². The van der Waals surface area contributed by atoms with Gasteiger partial charge in [0.25, 0.3) is 10.2 Å². The molecule has 0 aliphatic carbocycles. The second-order valence-corrected chi connectivity index (χ2v) is 7.38. The summed E-state index contributed by atoms with van der Waals surface area (Å²) in [4.78, 5) is 11.4. The highest BCUT2D eigenvalue weighted by Gasteiger charge is 2.20. The van der Waals surface area contributed by atoms with Gasteiger partial charge < -0.3 is 10.1 Å². The summed E-state index contributed by atoms with van der Waals surface area (Å²) >= 11 is 0. The van der Waals surface area contributed by atoms with Crippen molar-refractivity contribution in [3.8, 4) is 0 Å². The monoisotopic (exact) mass is 309 g/mol. The summed E-state index contributed by atoms with van der Waals surface area (Å²) in [6.07, 6.45) is 0.798. The van der Waals surface area contributed by atoms with Crippen molar-refractivity contribution in [2.45, 2.75) is 59.1 Å². The fourth-order valence-corrected chi connectivity index (χ4v) is 2.55. The number of rotatable bonds is 7. The first-order chi connectivity index (χ1) is 8.93. The van der Waals surface area contributed by atoms with Crippen LogP contribution in [0.2, 0.25) is 0 Å². The lowest BCUT2D eigenvalue weighted by molar-refractivity contribution is 0.0526. The zero-order chi connectivity index (χ0) is 16.0. The van der Waals surface area contributed by atoms with Crippen LogP contribution in [-0.2, 0) is 14.9 Å². The molecule has 0 bridgehead atoms. The molecule has 0 spiro atoms. The standard InChI is InChI=1S/C12H27N3O4S/c1-10(2)15(20(13,17)18)9-7-6-8-14-11(16)19-12(3,4)5/h10H,6-9H2,1-5H3,(H,14,16)(H2,13,17,18). The number of unbranched alkanes of at least 4 members (excludes halogenated alkanes) is 1. The van der Waals surface area contributed by atoms with Gasteiger partial charge in [0.15, 0.2) is 0 Å². The van der Waals surface area contributed by atoms with E-state index < -0.39 is 21.9 Å². The van der Waals surface area contributed by atoms with E-state index in [9.17, 15) is 13.2 Å². The minimum atomic E-state index is -3.67. The van der Waals surface area contributed by atoms with Crippen LogP contribution < -0.4 is 10.5 Å². The fraction of sp³-hybridized carbons (Fsp3) is 0.917. The van der Waals surface area contributed by atoms with Gasteiger partial charge in [0.05, 0.1) is 0 Å². The molecule has 120 valence electrons. The minimum Gasteiger partial charge on any atom is -0.444 e. The summed E-state index contributed by atoms with van der Waals surface area (Å²) in [6.45, 7) is 9.68. The van der Waals surface area contributed by atoms with Crippen molar-refractivity contribution in [3.05, 3.63) is 0 Å². The van der Waals surface area contributed by atoms with E-state index in [1.807, 2.05) is 0 Å². The van der Waals surface area contributed by atoms with E-state index >= 15 is 0 Å². The molecule has 0 unspecified atom stereocenters. The van der Waals surface area contributed by atoms with E-state index in [1.54, 1.807) is 34.6 Å². The first-order valence-electron chi connectivity index (χ1n) is 6.70. The molecular weight excluding hydrogens is 282 g/mol. The molecule has 3 N–H and O–H groups in total. The van der Waals surface area contributed by atoms with Gasteiger partial charge in [-0.05, 0) is 47.5 Å². The van der Waals surface area contributed by atoms with Crippen molar-refractivity contribution >= 4 is 16.3 Å². The normalized spacial score (nSPS) is 12.8. The van der Waals surface area contributed by atoms with Crippen LogP contribution in [0.15, 0.2) is 0 Å². The van der Waals surface area contributed by atoms with Crippen molar-refractivity contribution in [2.75, 3.05) is 13.1 Å². The number of alkyl carbamates (subject to hydrolysis) is 1. The molecule has 1 amide bonds. The minimum absolute atomic E-state index is 0.177. The molecule has 0 saturated carbocycles. The molecule has 20 heavy (non-hydrogen) atoms. The van der Waals surface area contributed by atoms with Crippen molar-refractivity contribution in [1.29, 1.82) is 0 Å². The number of carbonyl (C=O) groups excluding carboxylic acids is 1. The summed E-state index contributed by atoms with van der Waals surface area (Å²) in [5.41, 5.74) is -0.522. The maximum atomic E-state index is 11.4. The van der Waals surface area contributed by atoms with Gasteiger partial charge in [-0.25, -0.2) is 9.93 Å². The van der Waals surface area contributed by atoms with Gasteiger partial charge in [-0.1, -0.05) is 0 Å². The third-order valence-corrected chi connectivity index (χ3v) is 3.63. The van der Waals surface area contributed by atoms with E-state index in [2.05, 4.69) is 5.32 Å². The van der Waals surface area contributed by atoms with E-state index in [1.165, 1.54) is 4.31 Å². The average Bonchev–Trinajstić information content (AvgIpc) is 2.17. The molecule has 0 aliphatic heterocycles. The predicted molar refractivity (Wildman–Crippen MR) is 78.4 cm³/mol. The number of nitrogens with one attached hydrogen (secondary N) is 1. The quantitative estimate of drug-likeness (QED) is 0.690. The van der Waals surface area contributed by atoms with Crippen molar-refractivity contribution in [1.82, 2.24) is 9.62 Å². The maximum Gasteiger partial charge on any atom is 0.407 e. The molecule has 0 aromatic rings. The number of carbonyl (C=O) groups is 1. The Bertz CT molecular complexity index is 401. The van der Waals surface area contributed by atoms with Crippen molar-refractivity contribution in [2.24, 2.45) is 5.14 Å². The number of hydrogen-bond acceptors (Lipinski definition) is 4. The van der Waals surface area contributed by atoms with Crippen LogP contribution in [0.5, 0.6) is 0 Å². The fourth-order valence-electron chi connectivity index (χ4n) is 1.58. The molecule has 0 heterocycles. The average molecular weight is 309 g/mol. The Balaban J connectivity index is 3.95. The van der Waals surface area contributed by atoms with E-state index in [-0.39, 0.29) is 6.04 Å². The lowest BCUT2D eigenvalue weighted by atomic mass is 10.2. The Kier molecular flexibility index (Phi) is 7.46. The SMILES string of the molecule is CC(C)N(CCCCNC(=O)OC(C)(C)C)S(N)(=O)=O. The maximum absolute atomic E-state index is 11.4. The third kappa shape index (κ3) is 9.11. The third-order valence-electron chi connectivity index (χ3n) is 2.38. The molecule has 0 radical (unpaired) electrons. The molecule has 0 atom stereocenters. The van der Waals surface area contributed by atoms with Crippen molar-refractivity contribution < 1.29 is 17.9 Å². The summed E-state index contributed by atoms with van der Waals surface area (Å²) < 4.78 is 28.9. The topological polar surface area (TPSA) is 102 Å². The Hall–Kier alpha value is -0.860. The molecule has 8 heteroatoms. The molecule has 7 nitrogen and oxygen atoms in total. The van der Waals surface area contributed by atoms with Crippen LogP contribution in [0.4, 0.5) is 4.79 Å². The zero-order valence-electron chi connectivity index (χ0n) is 13.0. The summed E-state index contributed by atoms with van der Waals surface area (Å²) in [5.74, 6) is 0. The van der Waals surface area contributed by atoms with E-state index in [4.69, 9.17) is 9.88 Å². The van der Waals surface area contributed by atoms with Crippen LogP contribution in [0, 0.1) is 0 Å². The predicted octanol–water partition coefficient (Wildman–Crippen LogP) is 1.21. The number of amides is 1. The van der Waals surface area contributed by atoms with Crippen LogP contribution in [0.1, 0.15) is 47.5 Å². The second-order valence-electron chi connectivity index (χ2n) is 5.89. The van der Waals surface area contributed by atoms with Crippen LogP contribution in [0.3, 0.4) is 0 Å². The molecular formula is C12H27N3O4S. The highest BCUT2D eigenvalue weighted by Crippen LogP contribution is 2.07. The number of ether oxygens (including phenoxy) is 1. The van der Waals surface area contributed by atoms with Gasteiger partial charge in [-0.2, -0.15) is 12.7 Å². The Morgan fingerprint density at radius 3 is 2.25 bits per heavy atom. The van der Waals surface area contributed by atoms with E-state index in [0.29, 0.717) is 25.9 Å². The van der Waals surface area contributed by atoms with Crippen LogP contribution in [0.25, 0.3) is 0 Å². The Labute approximate surface area is 122 Å². The molecule has 0 rings (SSSR count). The smallest absolute Gasteiger partial charge is 0.407 e. The Morgan fingerprint density at radius 2 is 1.85 bits per heavy atom. The zero-order valence-corrected chi connectivity index (χ0v) is 13.8. The lowest BCUT2D eigenvalue weighted by Gasteiger charge is -2.23. The first kappa shape index (κ1) is 19.1. The molecule has 0 aliphatic rings.